The first-order valence-corrected chi connectivity index (χ1v) is 6.03. The van der Waals surface area contributed by atoms with Gasteiger partial charge in [0.1, 0.15) is 5.75 Å². The van der Waals surface area contributed by atoms with Crippen molar-refractivity contribution >= 4 is 28.6 Å². The molecule has 3 heteroatoms. The Morgan fingerprint density at radius 2 is 2.21 bits per heavy atom. The predicted molar refractivity (Wildman–Crippen MR) is 67.4 cm³/mol. The van der Waals surface area contributed by atoms with Crippen LogP contribution in [0.5, 0.6) is 5.75 Å². The summed E-state index contributed by atoms with van der Waals surface area (Å²) in [6.07, 6.45) is 1.01. The summed E-state index contributed by atoms with van der Waals surface area (Å²) in [5, 5.41) is 0. The molecule has 0 heterocycles. The Bertz CT molecular complexity index is 301. The van der Waals surface area contributed by atoms with Crippen LogP contribution in [0, 0.1) is 5.92 Å². The summed E-state index contributed by atoms with van der Waals surface area (Å²) in [6.45, 7) is 2.19. The molecule has 0 bridgehead atoms. The van der Waals surface area contributed by atoms with E-state index in [1.807, 2.05) is 12.1 Å². The molecule has 0 aliphatic rings. The summed E-state index contributed by atoms with van der Waals surface area (Å²) < 4.78 is 6.40. The number of hydrogen-bond donors (Lipinski definition) is 1. The van der Waals surface area contributed by atoms with E-state index in [9.17, 15) is 0 Å². The topological polar surface area (TPSA) is 9.23 Å². The predicted octanol–water partition coefficient (Wildman–Crippen LogP) is 3.57. The van der Waals surface area contributed by atoms with Crippen LogP contribution in [0.15, 0.2) is 22.7 Å². The van der Waals surface area contributed by atoms with Gasteiger partial charge in [-0.1, -0.05) is 22.9 Å². The molecular formula is C11H15BrOS. The lowest BCUT2D eigenvalue weighted by molar-refractivity contribution is 0.407. The van der Waals surface area contributed by atoms with Gasteiger partial charge in [0.2, 0.25) is 0 Å². The van der Waals surface area contributed by atoms with Crippen molar-refractivity contribution in [1.82, 2.24) is 0 Å². The highest BCUT2D eigenvalue weighted by atomic mass is 79.9. The maximum atomic E-state index is 5.30. The van der Waals surface area contributed by atoms with Crippen molar-refractivity contribution in [3.05, 3.63) is 28.2 Å². The minimum atomic E-state index is 0.571. The minimum absolute atomic E-state index is 0.571. The number of thiol groups is 1. The largest absolute Gasteiger partial charge is 0.496 e. The first-order chi connectivity index (χ1) is 6.67. The molecule has 0 radical (unpaired) electrons. The third-order valence-corrected chi connectivity index (χ3v) is 3.24. The second-order valence-electron chi connectivity index (χ2n) is 3.45. The van der Waals surface area contributed by atoms with E-state index in [0.717, 1.165) is 22.4 Å². The lowest BCUT2D eigenvalue weighted by atomic mass is 10.0. The van der Waals surface area contributed by atoms with Crippen molar-refractivity contribution in [3.63, 3.8) is 0 Å². The third-order valence-electron chi connectivity index (χ3n) is 2.12. The standard InChI is InChI=1S/C11H15BrOS/c1-8(7-14)5-9-6-10(12)3-4-11(9)13-2/h3-4,6,8,14H,5,7H2,1-2H3. The van der Waals surface area contributed by atoms with Gasteiger partial charge in [0.05, 0.1) is 7.11 Å². The van der Waals surface area contributed by atoms with E-state index in [1.165, 1.54) is 5.56 Å². The number of rotatable bonds is 4. The van der Waals surface area contributed by atoms with Crippen molar-refractivity contribution in [3.8, 4) is 5.75 Å². The number of benzene rings is 1. The van der Waals surface area contributed by atoms with Crippen LogP contribution in [0.4, 0.5) is 0 Å². The van der Waals surface area contributed by atoms with E-state index < -0.39 is 0 Å². The molecule has 0 amide bonds. The van der Waals surface area contributed by atoms with E-state index in [2.05, 4.69) is 41.5 Å². The quantitative estimate of drug-likeness (QED) is 0.826. The second kappa shape index (κ2) is 5.66. The Kier molecular flexibility index (Phi) is 4.82. The normalized spacial score (nSPS) is 12.6. The van der Waals surface area contributed by atoms with Gasteiger partial charge in [-0.15, -0.1) is 0 Å². The Hall–Kier alpha value is -0.150. The SMILES string of the molecule is COc1ccc(Br)cc1CC(C)CS. The first kappa shape index (κ1) is 11.9. The smallest absolute Gasteiger partial charge is 0.122 e. The molecular weight excluding hydrogens is 260 g/mol. The van der Waals surface area contributed by atoms with Crippen molar-refractivity contribution in [1.29, 1.82) is 0 Å². The molecule has 0 fully saturated rings. The number of halogens is 1. The molecule has 1 aromatic rings. The molecule has 78 valence electrons. The van der Waals surface area contributed by atoms with Gasteiger partial charge in [0, 0.05) is 4.47 Å². The number of ether oxygens (including phenoxy) is 1. The molecule has 1 nitrogen and oxygen atoms in total. The highest BCUT2D eigenvalue weighted by Gasteiger charge is 2.07. The van der Waals surface area contributed by atoms with Crippen molar-refractivity contribution in [2.24, 2.45) is 5.92 Å². The van der Waals surface area contributed by atoms with Gasteiger partial charge in [-0.05, 0) is 41.9 Å². The van der Waals surface area contributed by atoms with Crippen LogP contribution in [0.3, 0.4) is 0 Å². The van der Waals surface area contributed by atoms with Gasteiger partial charge in [0.25, 0.3) is 0 Å². The maximum Gasteiger partial charge on any atom is 0.122 e. The Balaban J connectivity index is 2.87. The third kappa shape index (κ3) is 3.21. The Morgan fingerprint density at radius 1 is 1.50 bits per heavy atom. The molecule has 1 atom stereocenters. The average molecular weight is 275 g/mol. The van der Waals surface area contributed by atoms with Crippen LogP contribution in [0.25, 0.3) is 0 Å². The second-order valence-corrected chi connectivity index (χ2v) is 4.73. The summed E-state index contributed by atoms with van der Waals surface area (Å²) >= 11 is 7.75. The summed E-state index contributed by atoms with van der Waals surface area (Å²) in [5.74, 6) is 2.43. The molecule has 1 rings (SSSR count). The lowest BCUT2D eigenvalue weighted by Gasteiger charge is -2.12. The van der Waals surface area contributed by atoms with Crippen LogP contribution in [0.1, 0.15) is 12.5 Å². The summed E-state index contributed by atoms with van der Waals surface area (Å²) in [7, 11) is 1.71. The van der Waals surface area contributed by atoms with E-state index in [1.54, 1.807) is 7.11 Å². The van der Waals surface area contributed by atoms with Gasteiger partial charge < -0.3 is 4.74 Å². The Labute approximate surface area is 99.4 Å². The monoisotopic (exact) mass is 274 g/mol. The molecule has 0 aliphatic heterocycles. The molecule has 0 spiro atoms. The molecule has 14 heavy (non-hydrogen) atoms. The molecule has 1 aromatic carbocycles. The number of methoxy groups -OCH3 is 1. The highest BCUT2D eigenvalue weighted by molar-refractivity contribution is 9.10. The van der Waals surface area contributed by atoms with Crippen LogP contribution < -0.4 is 4.74 Å². The van der Waals surface area contributed by atoms with Gasteiger partial charge >= 0.3 is 0 Å². The van der Waals surface area contributed by atoms with Crippen LogP contribution in [0.2, 0.25) is 0 Å². The minimum Gasteiger partial charge on any atom is -0.496 e. The average Bonchev–Trinajstić information content (AvgIpc) is 2.18. The first-order valence-electron chi connectivity index (χ1n) is 4.60. The zero-order valence-electron chi connectivity index (χ0n) is 8.46. The van der Waals surface area contributed by atoms with Gasteiger partial charge in [-0.2, -0.15) is 12.6 Å². The van der Waals surface area contributed by atoms with Crippen LogP contribution in [-0.2, 0) is 6.42 Å². The molecule has 0 aliphatic carbocycles. The van der Waals surface area contributed by atoms with Gasteiger partial charge in [-0.25, -0.2) is 0 Å². The fourth-order valence-electron chi connectivity index (χ4n) is 1.35. The summed E-state index contributed by atoms with van der Waals surface area (Å²) in [4.78, 5) is 0. The lowest BCUT2D eigenvalue weighted by Crippen LogP contribution is -2.02. The maximum absolute atomic E-state index is 5.30. The summed E-state index contributed by atoms with van der Waals surface area (Å²) in [6, 6.07) is 6.09. The number of hydrogen-bond acceptors (Lipinski definition) is 2. The zero-order valence-corrected chi connectivity index (χ0v) is 10.9. The highest BCUT2D eigenvalue weighted by Crippen LogP contribution is 2.25. The van der Waals surface area contributed by atoms with E-state index in [4.69, 9.17) is 4.74 Å². The molecule has 0 saturated heterocycles. The van der Waals surface area contributed by atoms with Crippen LogP contribution in [-0.4, -0.2) is 12.9 Å². The summed E-state index contributed by atoms with van der Waals surface area (Å²) in [5.41, 5.74) is 1.24. The van der Waals surface area contributed by atoms with Crippen molar-refractivity contribution in [2.75, 3.05) is 12.9 Å². The molecule has 1 unspecified atom stereocenters. The molecule has 0 N–H and O–H groups in total. The van der Waals surface area contributed by atoms with E-state index in [0.29, 0.717) is 5.92 Å². The van der Waals surface area contributed by atoms with Crippen LogP contribution >= 0.6 is 28.6 Å². The van der Waals surface area contributed by atoms with E-state index >= 15 is 0 Å². The fraction of sp³-hybridized carbons (Fsp3) is 0.455. The molecule has 0 aromatic heterocycles. The van der Waals surface area contributed by atoms with Crippen molar-refractivity contribution < 1.29 is 4.74 Å². The van der Waals surface area contributed by atoms with Gasteiger partial charge in [-0.3, -0.25) is 0 Å². The fourth-order valence-corrected chi connectivity index (χ4v) is 1.88. The zero-order chi connectivity index (χ0) is 10.6. The molecule has 0 saturated carbocycles. The Morgan fingerprint density at radius 3 is 2.79 bits per heavy atom. The van der Waals surface area contributed by atoms with Crippen molar-refractivity contribution in [2.45, 2.75) is 13.3 Å². The van der Waals surface area contributed by atoms with Gasteiger partial charge in [0.15, 0.2) is 0 Å². The van der Waals surface area contributed by atoms with E-state index in [-0.39, 0.29) is 0 Å².